The van der Waals surface area contributed by atoms with Gasteiger partial charge in [-0.3, -0.25) is 9.59 Å². The molecule has 29 heavy (non-hydrogen) atoms. The zero-order chi connectivity index (χ0) is 20.6. The van der Waals surface area contributed by atoms with Crippen molar-refractivity contribution in [2.75, 3.05) is 25.5 Å². The van der Waals surface area contributed by atoms with Gasteiger partial charge in [-0.05, 0) is 54.9 Å². The van der Waals surface area contributed by atoms with Gasteiger partial charge in [-0.15, -0.1) is 0 Å². The van der Waals surface area contributed by atoms with Gasteiger partial charge in [0, 0.05) is 30.4 Å². The van der Waals surface area contributed by atoms with Crippen molar-refractivity contribution in [2.45, 2.75) is 25.3 Å². The molecule has 7 heteroatoms. The van der Waals surface area contributed by atoms with Crippen LogP contribution >= 0.6 is 12.2 Å². The zero-order valence-electron chi connectivity index (χ0n) is 16.4. The maximum Gasteiger partial charge on any atom is 0.309 e. The zero-order valence-corrected chi connectivity index (χ0v) is 17.2. The number of thiocarbonyl (C=S) groups is 1. The lowest BCUT2D eigenvalue weighted by atomic mass is 10.0. The fourth-order valence-electron chi connectivity index (χ4n) is 3.29. The Kier molecular flexibility index (Phi) is 7.19. The summed E-state index contributed by atoms with van der Waals surface area (Å²) in [4.78, 5) is 25.7. The number of ether oxygens (including phenoxy) is 1. The largest absolute Gasteiger partial charge is 0.469 e. The van der Waals surface area contributed by atoms with Gasteiger partial charge in [0.05, 0.1) is 13.5 Å². The lowest BCUT2D eigenvalue weighted by Gasteiger charge is -2.33. The number of nitrogens with one attached hydrogen (secondary N) is 2. The van der Waals surface area contributed by atoms with Crippen LogP contribution in [0.3, 0.4) is 0 Å². The second-order valence-electron chi connectivity index (χ2n) is 6.98. The molecule has 1 amide bonds. The third kappa shape index (κ3) is 6.02. The minimum Gasteiger partial charge on any atom is -0.469 e. The summed E-state index contributed by atoms with van der Waals surface area (Å²) in [5.74, 6) is -0.184. The van der Waals surface area contributed by atoms with E-state index in [1.807, 2.05) is 59.5 Å². The Hall–Kier alpha value is -2.93. The number of methoxy groups -OCH3 is 1. The number of piperidine rings is 1. The van der Waals surface area contributed by atoms with E-state index in [-0.39, 0.29) is 24.3 Å². The third-order valence-electron chi connectivity index (χ3n) is 4.93. The van der Waals surface area contributed by atoms with Crippen molar-refractivity contribution in [1.29, 1.82) is 0 Å². The summed E-state index contributed by atoms with van der Waals surface area (Å²) < 4.78 is 4.67. The minimum absolute atomic E-state index is 0.0804. The summed E-state index contributed by atoms with van der Waals surface area (Å²) in [6.07, 6.45) is 1.94. The van der Waals surface area contributed by atoms with Gasteiger partial charge in [-0.25, -0.2) is 0 Å². The van der Waals surface area contributed by atoms with Gasteiger partial charge >= 0.3 is 5.97 Å². The first-order valence-electron chi connectivity index (χ1n) is 9.63. The summed E-state index contributed by atoms with van der Waals surface area (Å²) in [5.41, 5.74) is 2.47. The molecule has 0 bridgehead atoms. The molecule has 0 spiro atoms. The van der Waals surface area contributed by atoms with Crippen molar-refractivity contribution in [3.63, 3.8) is 0 Å². The summed E-state index contributed by atoms with van der Waals surface area (Å²) in [6.45, 7) is 1.41. The molecular formula is C22H25N3O3S. The van der Waals surface area contributed by atoms with E-state index in [4.69, 9.17) is 12.2 Å². The third-order valence-corrected chi connectivity index (χ3v) is 5.15. The SMILES string of the molecule is COC(=O)Cc1ccc(NC(=S)NC2CCN(C(=O)c3ccccc3)CC2)cc1. The molecule has 0 saturated carbocycles. The highest BCUT2D eigenvalue weighted by Crippen LogP contribution is 2.15. The van der Waals surface area contributed by atoms with Crippen molar-refractivity contribution < 1.29 is 14.3 Å². The monoisotopic (exact) mass is 411 g/mol. The number of hydrogen-bond donors (Lipinski definition) is 2. The Morgan fingerprint density at radius 3 is 2.34 bits per heavy atom. The number of benzene rings is 2. The molecule has 0 radical (unpaired) electrons. The van der Waals surface area contributed by atoms with Crippen molar-refractivity contribution in [2.24, 2.45) is 0 Å². The van der Waals surface area contributed by atoms with E-state index in [0.717, 1.165) is 29.7 Å². The van der Waals surface area contributed by atoms with E-state index < -0.39 is 0 Å². The van der Waals surface area contributed by atoms with Gasteiger partial charge in [0.25, 0.3) is 5.91 Å². The Bertz CT molecular complexity index is 847. The van der Waals surface area contributed by atoms with Crippen LogP contribution in [0.15, 0.2) is 54.6 Å². The average molecular weight is 412 g/mol. The van der Waals surface area contributed by atoms with E-state index in [1.165, 1.54) is 7.11 Å². The molecule has 1 fully saturated rings. The molecule has 0 unspecified atom stereocenters. The quantitative estimate of drug-likeness (QED) is 0.582. The standard InChI is InChI=1S/C22H25N3O3S/c1-28-20(26)15-16-7-9-18(10-8-16)23-22(29)24-19-11-13-25(14-12-19)21(27)17-5-3-2-4-6-17/h2-10,19H,11-15H2,1H3,(H2,23,24,29). The maximum atomic E-state index is 12.5. The lowest BCUT2D eigenvalue weighted by molar-refractivity contribution is -0.139. The Morgan fingerprint density at radius 1 is 1.07 bits per heavy atom. The molecule has 6 nitrogen and oxygen atoms in total. The average Bonchev–Trinajstić information content (AvgIpc) is 2.75. The predicted octanol–water partition coefficient (Wildman–Crippen LogP) is 2.99. The molecule has 152 valence electrons. The van der Waals surface area contributed by atoms with Crippen molar-refractivity contribution in [1.82, 2.24) is 10.2 Å². The molecule has 1 heterocycles. The van der Waals surface area contributed by atoms with Gasteiger partial charge < -0.3 is 20.3 Å². The highest BCUT2D eigenvalue weighted by atomic mass is 32.1. The summed E-state index contributed by atoms with van der Waals surface area (Å²) in [5, 5.41) is 7.05. The Balaban J connectivity index is 1.44. The second kappa shape index (κ2) is 10.0. The first-order valence-corrected chi connectivity index (χ1v) is 10.0. The van der Waals surface area contributed by atoms with Crippen LogP contribution < -0.4 is 10.6 Å². The number of nitrogens with zero attached hydrogens (tertiary/aromatic N) is 1. The number of anilines is 1. The number of carbonyl (C=O) groups excluding carboxylic acids is 2. The molecule has 0 aromatic heterocycles. The van der Waals surface area contributed by atoms with Crippen LogP contribution in [0.2, 0.25) is 0 Å². The number of hydrogen-bond acceptors (Lipinski definition) is 4. The fraction of sp³-hybridized carbons (Fsp3) is 0.318. The molecule has 1 saturated heterocycles. The molecule has 1 aliphatic heterocycles. The van der Waals surface area contributed by atoms with Crippen molar-refractivity contribution >= 4 is 34.9 Å². The van der Waals surface area contributed by atoms with Crippen molar-refractivity contribution in [3.05, 3.63) is 65.7 Å². The summed E-state index contributed by atoms with van der Waals surface area (Å²) in [7, 11) is 1.38. The van der Waals surface area contributed by atoms with Gasteiger partial charge in [-0.1, -0.05) is 30.3 Å². The van der Waals surface area contributed by atoms with Crippen molar-refractivity contribution in [3.8, 4) is 0 Å². The van der Waals surface area contributed by atoms with Gasteiger partial charge in [0.15, 0.2) is 5.11 Å². The molecule has 2 aromatic carbocycles. The van der Waals surface area contributed by atoms with Crippen LogP contribution in [0.5, 0.6) is 0 Å². The maximum absolute atomic E-state index is 12.5. The van der Waals surface area contributed by atoms with Crippen LogP contribution in [0.25, 0.3) is 0 Å². The lowest BCUT2D eigenvalue weighted by Crippen LogP contribution is -2.47. The first kappa shape index (κ1) is 20.8. The van der Waals surface area contributed by atoms with Crippen LogP contribution in [-0.4, -0.2) is 48.1 Å². The molecule has 0 atom stereocenters. The topological polar surface area (TPSA) is 70.7 Å². The van der Waals surface area contributed by atoms with E-state index in [0.29, 0.717) is 18.2 Å². The molecule has 2 aromatic rings. The Morgan fingerprint density at radius 2 is 1.72 bits per heavy atom. The van der Waals surface area contributed by atoms with Crippen LogP contribution in [-0.2, 0) is 16.0 Å². The molecule has 1 aliphatic rings. The van der Waals surface area contributed by atoms with Gasteiger partial charge in [0.2, 0.25) is 0 Å². The first-order chi connectivity index (χ1) is 14.0. The number of rotatable bonds is 5. The smallest absolute Gasteiger partial charge is 0.309 e. The summed E-state index contributed by atoms with van der Waals surface area (Å²) >= 11 is 5.42. The molecule has 2 N–H and O–H groups in total. The van der Waals surface area contributed by atoms with Crippen LogP contribution in [0, 0.1) is 0 Å². The molecule has 3 rings (SSSR count). The highest BCUT2D eigenvalue weighted by molar-refractivity contribution is 7.80. The van der Waals surface area contributed by atoms with Gasteiger partial charge in [0.1, 0.15) is 0 Å². The second-order valence-corrected chi connectivity index (χ2v) is 7.39. The Labute approximate surface area is 176 Å². The fourth-order valence-corrected chi connectivity index (χ4v) is 3.57. The molecular weight excluding hydrogens is 386 g/mol. The van der Waals surface area contributed by atoms with Gasteiger partial charge in [-0.2, -0.15) is 0 Å². The predicted molar refractivity (Wildman–Crippen MR) is 117 cm³/mol. The highest BCUT2D eigenvalue weighted by Gasteiger charge is 2.23. The van der Waals surface area contributed by atoms with E-state index in [9.17, 15) is 9.59 Å². The summed E-state index contributed by atoms with van der Waals surface area (Å²) in [6, 6.07) is 17.1. The van der Waals surface area contributed by atoms with E-state index in [1.54, 1.807) is 0 Å². The molecule has 0 aliphatic carbocycles. The van der Waals surface area contributed by atoms with Crippen LogP contribution in [0.4, 0.5) is 5.69 Å². The van der Waals surface area contributed by atoms with Crippen LogP contribution in [0.1, 0.15) is 28.8 Å². The minimum atomic E-state index is -0.264. The number of esters is 1. The number of carbonyl (C=O) groups is 2. The number of amides is 1. The van der Waals surface area contributed by atoms with E-state index >= 15 is 0 Å². The number of likely N-dealkylation sites (tertiary alicyclic amines) is 1. The normalized spacial score (nSPS) is 14.2. The van der Waals surface area contributed by atoms with E-state index in [2.05, 4.69) is 15.4 Å².